The molecule has 0 saturated carbocycles. The number of aryl methyl sites for hydroxylation is 2. The molecular formula is C24H27NO3. The molecule has 0 fully saturated rings. The van der Waals surface area contributed by atoms with Crippen LogP contribution in [-0.2, 0) is 26.2 Å². The van der Waals surface area contributed by atoms with Gasteiger partial charge in [0.15, 0.2) is 12.4 Å². The molecule has 0 N–H and O–H groups in total. The van der Waals surface area contributed by atoms with Gasteiger partial charge < -0.3 is 9.64 Å². The van der Waals surface area contributed by atoms with E-state index in [-0.39, 0.29) is 24.2 Å². The summed E-state index contributed by atoms with van der Waals surface area (Å²) in [6.07, 6.45) is 1.77. The van der Waals surface area contributed by atoms with Crippen LogP contribution in [0.15, 0.2) is 54.2 Å². The Bertz CT molecular complexity index is 956. The molecule has 4 nitrogen and oxygen atoms in total. The molecule has 1 heterocycles. The highest BCUT2D eigenvalue weighted by molar-refractivity contribution is 5.94. The normalized spacial score (nSPS) is 16.2. The van der Waals surface area contributed by atoms with Crippen molar-refractivity contribution in [3.8, 4) is 0 Å². The second-order valence-electron chi connectivity index (χ2n) is 7.95. The van der Waals surface area contributed by atoms with E-state index in [0.29, 0.717) is 0 Å². The highest BCUT2D eigenvalue weighted by Crippen LogP contribution is 2.46. The molecule has 2 aromatic rings. The zero-order valence-electron chi connectivity index (χ0n) is 17.2. The Balaban J connectivity index is 1.64. The molecule has 0 amide bonds. The van der Waals surface area contributed by atoms with Gasteiger partial charge in [-0.3, -0.25) is 9.59 Å². The highest BCUT2D eigenvalue weighted by atomic mass is 16.5. The first-order chi connectivity index (χ1) is 13.2. The molecule has 3 rings (SSSR count). The second kappa shape index (κ2) is 7.63. The van der Waals surface area contributed by atoms with Gasteiger partial charge in [0.2, 0.25) is 0 Å². The van der Waals surface area contributed by atoms with Crippen molar-refractivity contribution < 1.29 is 14.3 Å². The zero-order chi connectivity index (χ0) is 20.5. The van der Waals surface area contributed by atoms with Crippen LogP contribution >= 0.6 is 0 Å². The zero-order valence-corrected chi connectivity index (χ0v) is 17.2. The van der Waals surface area contributed by atoms with Gasteiger partial charge in [0, 0.05) is 29.9 Å². The molecule has 0 spiro atoms. The number of benzene rings is 2. The molecule has 0 radical (unpaired) electrons. The number of para-hydroxylation sites is 1. The van der Waals surface area contributed by atoms with Crippen molar-refractivity contribution in [3.63, 3.8) is 0 Å². The number of hydrogen-bond acceptors (Lipinski definition) is 4. The van der Waals surface area contributed by atoms with E-state index < -0.39 is 5.97 Å². The van der Waals surface area contributed by atoms with Crippen molar-refractivity contribution in [1.82, 2.24) is 0 Å². The summed E-state index contributed by atoms with van der Waals surface area (Å²) in [4.78, 5) is 26.6. The average Bonchev–Trinajstić information content (AvgIpc) is 2.84. The van der Waals surface area contributed by atoms with Gasteiger partial charge in [-0.2, -0.15) is 0 Å². The van der Waals surface area contributed by atoms with Gasteiger partial charge in [0.05, 0.1) is 6.42 Å². The lowest BCUT2D eigenvalue weighted by Crippen LogP contribution is -2.25. The predicted octanol–water partition coefficient (Wildman–Crippen LogP) is 4.27. The Labute approximate surface area is 166 Å². The third-order valence-electron chi connectivity index (χ3n) is 5.53. The van der Waals surface area contributed by atoms with Gasteiger partial charge in [0.1, 0.15) is 0 Å². The first-order valence-corrected chi connectivity index (χ1v) is 9.50. The minimum absolute atomic E-state index is 0.168. The Morgan fingerprint density at radius 3 is 2.46 bits per heavy atom. The summed E-state index contributed by atoms with van der Waals surface area (Å²) in [5.41, 5.74) is 6.13. The minimum atomic E-state index is -0.391. The lowest BCUT2D eigenvalue weighted by Gasteiger charge is -2.23. The van der Waals surface area contributed by atoms with E-state index in [4.69, 9.17) is 4.74 Å². The molecule has 0 atom stereocenters. The van der Waals surface area contributed by atoms with Crippen LogP contribution in [0, 0.1) is 13.8 Å². The maximum Gasteiger partial charge on any atom is 0.310 e. The number of fused-ring (bicyclic) bond motifs is 1. The molecule has 1 aliphatic heterocycles. The highest BCUT2D eigenvalue weighted by Gasteiger charge is 2.38. The number of likely N-dealkylation sites (N-methyl/N-ethyl adjacent to an activating group) is 1. The molecule has 0 bridgehead atoms. The van der Waals surface area contributed by atoms with Crippen LogP contribution in [0.3, 0.4) is 0 Å². The van der Waals surface area contributed by atoms with Gasteiger partial charge >= 0.3 is 5.97 Å². The molecule has 0 aliphatic carbocycles. The Kier molecular flexibility index (Phi) is 5.41. The van der Waals surface area contributed by atoms with E-state index in [1.807, 2.05) is 62.2 Å². The van der Waals surface area contributed by atoms with E-state index in [2.05, 4.69) is 19.9 Å². The fraction of sp³-hybridized carbons (Fsp3) is 0.333. The van der Waals surface area contributed by atoms with Crippen molar-refractivity contribution >= 4 is 17.4 Å². The predicted molar refractivity (Wildman–Crippen MR) is 112 cm³/mol. The monoisotopic (exact) mass is 377 g/mol. The van der Waals surface area contributed by atoms with E-state index in [1.54, 1.807) is 6.08 Å². The van der Waals surface area contributed by atoms with Crippen LogP contribution < -0.4 is 4.90 Å². The standard InChI is InChI=1S/C24H27NO3/c1-16-10-11-18(12-17(16)2)13-23(27)28-15-19(26)14-22-24(3,4)20-8-6-7-9-21(20)25(22)5/h6-12,14H,13,15H2,1-5H3/b22-14+. The van der Waals surface area contributed by atoms with E-state index in [9.17, 15) is 9.59 Å². The fourth-order valence-corrected chi connectivity index (χ4v) is 3.74. The number of hydrogen-bond donors (Lipinski definition) is 0. The summed E-state index contributed by atoms with van der Waals surface area (Å²) in [6.45, 7) is 8.00. The number of rotatable bonds is 5. The Morgan fingerprint density at radius 1 is 1.07 bits per heavy atom. The second-order valence-corrected chi connectivity index (χ2v) is 7.95. The number of ether oxygens (including phenoxy) is 1. The van der Waals surface area contributed by atoms with Crippen molar-refractivity contribution in [2.24, 2.45) is 0 Å². The summed E-state index contributed by atoms with van der Waals surface area (Å²) in [7, 11) is 1.96. The fourth-order valence-electron chi connectivity index (χ4n) is 3.74. The number of carbonyl (C=O) groups is 2. The molecule has 0 unspecified atom stereocenters. The summed E-state index contributed by atoms with van der Waals surface area (Å²) < 4.78 is 5.22. The van der Waals surface area contributed by atoms with Gasteiger partial charge in [0.25, 0.3) is 0 Å². The number of carbonyl (C=O) groups excluding carboxylic acids is 2. The first kappa shape index (κ1) is 19.9. The number of anilines is 1. The quantitative estimate of drug-likeness (QED) is 0.577. The maximum absolute atomic E-state index is 12.5. The third kappa shape index (κ3) is 3.86. The number of allylic oxidation sites excluding steroid dienone is 1. The third-order valence-corrected chi connectivity index (χ3v) is 5.53. The van der Waals surface area contributed by atoms with Crippen molar-refractivity contribution in [3.05, 3.63) is 76.5 Å². The van der Waals surface area contributed by atoms with Crippen molar-refractivity contribution in [2.45, 2.75) is 39.5 Å². The molecule has 4 heteroatoms. The topological polar surface area (TPSA) is 46.6 Å². The number of esters is 1. The van der Waals surface area contributed by atoms with E-state index in [0.717, 1.165) is 22.5 Å². The number of nitrogens with zero attached hydrogens (tertiary/aromatic N) is 1. The van der Waals surface area contributed by atoms with Gasteiger partial charge in [-0.15, -0.1) is 0 Å². The summed E-state index contributed by atoms with van der Waals surface area (Å²) >= 11 is 0. The van der Waals surface area contributed by atoms with Crippen LogP contribution in [0.25, 0.3) is 0 Å². The molecule has 2 aromatic carbocycles. The first-order valence-electron chi connectivity index (χ1n) is 9.50. The lowest BCUT2D eigenvalue weighted by molar-refractivity contribution is -0.146. The summed E-state index contributed by atoms with van der Waals surface area (Å²) in [5.74, 6) is -0.603. The van der Waals surface area contributed by atoms with Crippen LogP contribution in [0.5, 0.6) is 0 Å². The molecule has 0 aromatic heterocycles. The minimum Gasteiger partial charge on any atom is -0.457 e. The number of ketones is 1. The van der Waals surface area contributed by atoms with E-state index >= 15 is 0 Å². The molecule has 146 valence electrons. The molecule has 1 aliphatic rings. The lowest BCUT2D eigenvalue weighted by atomic mass is 9.83. The van der Waals surface area contributed by atoms with Crippen LogP contribution in [0.2, 0.25) is 0 Å². The average molecular weight is 377 g/mol. The van der Waals surface area contributed by atoms with Crippen LogP contribution in [-0.4, -0.2) is 25.4 Å². The smallest absolute Gasteiger partial charge is 0.310 e. The summed E-state index contributed by atoms with van der Waals surface area (Å²) in [5, 5.41) is 0. The molecule has 0 saturated heterocycles. The van der Waals surface area contributed by atoms with Crippen molar-refractivity contribution in [2.75, 3.05) is 18.6 Å². The van der Waals surface area contributed by atoms with Crippen LogP contribution in [0.4, 0.5) is 5.69 Å². The SMILES string of the molecule is Cc1ccc(CC(=O)OCC(=O)/C=C2/N(C)c3ccccc3C2(C)C)cc1C. The largest absolute Gasteiger partial charge is 0.457 e. The van der Waals surface area contributed by atoms with E-state index in [1.165, 1.54) is 11.1 Å². The molecular weight excluding hydrogens is 350 g/mol. The Morgan fingerprint density at radius 2 is 1.79 bits per heavy atom. The van der Waals surface area contributed by atoms with Gasteiger partial charge in [-0.25, -0.2) is 0 Å². The van der Waals surface area contributed by atoms with Gasteiger partial charge in [-0.1, -0.05) is 50.2 Å². The molecule has 28 heavy (non-hydrogen) atoms. The summed E-state index contributed by atoms with van der Waals surface area (Å²) in [6, 6.07) is 14.0. The van der Waals surface area contributed by atoms with Crippen LogP contribution in [0.1, 0.15) is 36.1 Å². The maximum atomic E-state index is 12.5. The van der Waals surface area contributed by atoms with Crippen molar-refractivity contribution in [1.29, 1.82) is 0 Å². The van der Waals surface area contributed by atoms with Gasteiger partial charge in [-0.05, 0) is 42.2 Å². The Hall–Kier alpha value is -2.88.